The van der Waals surface area contributed by atoms with Crippen LogP contribution in [0.15, 0.2) is 21.3 Å². The van der Waals surface area contributed by atoms with E-state index in [1.165, 1.54) is 19.1 Å². The van der Waals surface area contributed by atoms with Crippen LogP contribution in [0.2, 0.25) is 0 Å². The molecule has 0 bridgehead atoms. The van der Waals surface area contributed by atoms with E-state index in [2.05, 4.69) is 0 Å². The number of fused-ring (bicyclic) bond motifs is 1. The first-order chi connectivity index (χ1) is 13.2. The SMILES string of the molecule is COc1ccc2c(C)c(CC(=O)N(C)[C@@H]3CCS(=O)(=O)C3)c(=O)oc2c1OC. The van der Waals surface area contributed by atoms with Crippen LogP contribution in [0.4, 0.5) is 0 Å². The van der Waals surface area contributed by atoms with Crippen LogP contribution in [-0.4, -0.2) is 58.0 Å². The fraction of sp³-hybridized carbons (Fsp3) is 0.474. The third-order valence-electron chi connectivity index (χ3n) is 5.28. The zero-order chi connectivity index (χ0) is 20.6. The zero-order valence-electron chi connectivity index (χ0n) is 16.3. The Hall–Kier alpha value is -2.55. The topological polar surface area (TPSA) is 103 Å². The summed E-state index contributed by atoms with van der Waals surface area (Å²) < 4.78 is 39.3. The molecular weight excluding hydrogens is 386 g/mol. The third kappa shape index (κ3) is 3.58. The van der Waals surface area contributed by atoms with E-state index in [-0.39, 0.29) is 41.0 Å². The highest BCUT2D eigenvalue weighted by Crippen LogP contribution is 2.36. The minimum atomic E-state index is -3.11. The maximum absolute atomic E-state index is 12.7. The van der Waals surface area contributed by atoms with Crippen molar-refractivity contribution in [2.75, 3.05) is 32.8 Å². The van der Waals surface area contributed by atoms with Crippen LogP contribution >= 0.6 is 0 Å². The van der Waals surface area contributed by atoms with Gasteiger partial charge in [0.05, 0.1) is 37.7 Å². The number of methoxy groups -OCH3 is 2. The van der Waals surface area contributed by atoms with Crippen molar-refractivity contribution < 1.29 is 27.1 Å². The third-order valence-corrected chi connectivity index (χ3v) is 7.03. The second-order valence-electron chi connectivity index (χ2n) is 6.91. The van der Waals surface area contributed by atoms with Gasteiger partial charge in [-0.05, 0) is 31.0 Å². The van der Waals surface area contributed by atoms with Gasteiger partial charge in [0.2, 0.25) is 11.7 Å². The molecule has 2 heterocycles. The number of carbonyl (C=O) groups excluding carboxylic acids is 1. The zero-order valence-corrected chi connectivity index (χ0v) is 17.1. The monoisotopic (exact) mass is 409 g/mol. The average molecular weight is 409 g/mol. The van der Waals surface area contributed by atoms with Gasteiger partial charge in [-0.2, -0.15) is 0 Å². The molecule has 1 saturated heterocycles. The summed E-state index contributed by atoms with van der Waals surface area (Å²) in [6.07, 6.45) is 0.248. The van der Waals surface area contributed by atoms with Gasteiger partial charge in [0.1, 0.15) is 0 Å². The van der Waals surface area contributed by atoms with Crippen molar-refractivity contribution in [2.24, 2.45) is 0 Å². The molecule has 0 spiro atoms. The molecule has 28 heavy (non-hydrogen) atoms. The van der Waals surface area contributed by atoms with Crippen molar-refractivity contribution in [3.05, 3.63) is 33.7 Å². The number of carbonyl (C=O) groups is 1. The Morgan fingerprint density at radius 3 is 2.57 bits per heavy atom. The van der Waals surface area contributed by atoms with Gasteiger partial charge in [-0.3, -0.25) is 4.79 Å². The van der Waals surface area contributed by atoms with E-state index in [1.54, 1.807) is 26.1 Å². The molecule has 0 unspecified atom stereocenters. The maximum Gasteiger partial charge on any atom is 0.340 e. The Bertz CT molecular complexity index is 1090. The van der Waals surface area contributed by atoms with E-state index in [0.717, 1.165) is 0 Å². The lowest BCUT2D eigenvalue weighted by molar-refractivity contribution is -0.130. The smallest absolute Gasteiger partial charge is 0.340 e. The van der Waals surface area contributed by atoms with Crippen molar-refractivity contribution in [2.45, 2.75) is 25.8 Å². The highest BCUT2D eigenvalue weighted by atomic mass is 32.2. The molecule has 8 nitrogen and oxygen atoms in total. The predicted molar refractivity (Wildman–Crippen MR) is 104 cm³/mol. The lowest BCUT2D eigenvalue weighted by Gasteiger charge is -2.23. The highest BCUT2D eigenvalue weighted by molar-refractivity contribution is 7.91. The van der Waals surface area contributed by atoms with Crippen molar-refractivity contribution in [3.63, 3.8) is 0 Å². The summed E-state index contributed by atoms with van der Waals surface area (Å²) in [6, 6.07) is 3.08. The van der Waals surface area contributed by atoms with Gasteiger partial charge in [-0.25, -0.2) is 13.2 Å². The molecule has 0 radical (unpaired) electrons. The molecule has 0 N–H and O–H groups in total. The molecule has 1 atom stereocenters. The molecule has 0 saturated carbocycles. The predicted octanol–water partition coefficient (Wildman–Crippen LogP) is 1.31. The van der Waals surface area contributed by atoms with Crippen LogP contribution in [0.5, 0.6) is 11.5 Å². The Balaban J connectivity index is 1.95. The molecule has 2 aromatic rings. The van der Waals surface area contributed by atoms with Crippen molar-refractivity contribution in [3.8, 4) is 11.5 Å². The molecule has 3 rings (SSSR count). The maximum atomic E-state index is 12.7. The Kier molecular flexibility index (Phi) is 5.38. The fourth-order valence-corrected chi connectivity index (χ4v) is 5.30. The number of benzene rings is 1. The van der Waals surface area contributed by atoms with E-state index in [4.69, 9.17) is 13.9 Å². The number of rotatable bonds is 5. The molecule has 1 aromatic heterocycles. The standard InChI is InChI=1S/C19H23NO7S/c1-11-13-5-6-15(25-3)18(26-4)17(13)27-19(22)14(11)9-16(21)20(2)12-7-8-28(23,24)10-12/h5-6,12H,7-10H2,1-4H3/t12-/m1/s1. The highest BCUT2D eigenvalue weighted by Gasteiger charge is 2.33. The number of aryl methyl sites for hydroxylation is 1. The van der Waals surface area contributed by atoms with E-state index in [1.807, 2.05) is 0 Å². The minimum Gasteiger partial charge on any atom is -0.493 e. The van der Waals surface area contributed by atoms with Gasteiger partial charge < -0.3 is 18.8 Å². The largest absolute Gasteiger partial charge is 0.493 e. The summed E-state index contributed by atoms with van der Waals surface area (Å²) in [6.45, 7) is 1.74. The van der Waals surface area contributed by atoms with Crippen LogP contribution in [0.1, 0.15) is 17.5 Å². The van der Waals surface area contributed by atoms with Gasteiger partial charge in [-0.1, -0.05) is 0 Å². The Morgan fingerprint density at radius 1 is 1.29 bits per heavy atom. The van der Waals surface area contributed by atoms with Crippen LogP contribution in [0.3, 0.4) is 0 Å². The van der Waals surface area contributed by atoms with Crippen molar-refractivity contribution >= 4 is 26.7 Å². The number of ether oxygens (including phenoxy) is 2. The molecule has 1 amide bonds. The summed E-state index contributed by atoms with van der Waals surface area (Å²) in [5.74, 6) is 0.457. The lowest BCUT2D eigenvalue weighted by Crippen LogP contribution is -2.39. The molecule has 9 heteroatoms. The fourth-order valence-electron chi connectivity index (χ4n) is 3.53. The second-order valence-corrected chi connectivity index (χ2v) is 9.14. The number of likely N-dealkylation sites (N-methyl/N-ethyl adjacent to an activating group) is 1. The number of hydrogen-bond acceptors (Lipinski definition) is 7. The molecule has 1 fully saturated rings. The molecule has 1 aliphatic rings. The van der Waals surface area contributed by atoms with Crippen molar-refractivity contribution in [1.29, 1.82) is 0 Å². The first-order valence-electron chi connectivity index (χ1n) is 8.82. The van der Waals surface area contributed by atoms with Gasteiger partial charge in [0.15, 0.2) is 21.2 Å². The first-order valence-corrected chi connectivity index (χ1v) is 10.6. The number of nitrogens with zero attached hydrogens (tertiary/aromatic N) is 1. The molecule has 0 aliphatic carbocycles. The lowest BCUT2D eigenvalue weighted by atomic mass is 10.0. The Morgan fingerprint density at radius 2 is 2.00 bits per heavy atom. The quantitative estimate of drug-likeness (QED) is 0.686. The van der Waals surface area contributed by atoms with Crippen LogP contribution in [0, 0.1) is 6.92 Å². The normalized spacial score (nSPS) is 18.2. The van der Waals surface area contributed by atoms with Gasteiger partial charge in [0, 0.05) is 18.5 Å². The molecule has 1 aliphatic heterocycles. The van der Waals surface area contributed by atoms with E-state index in [0.29, 0.717) is 28.9 Å². The number of sulfone groups is 1. The summed E-state index contributed by atoms with van der Waals surface area (Å²) in [5.41, 5.74) is 0.499. The molecule has 152 valence electrons. The summed E-state index contributed by atoms with van der Waals surface area (Å²) >= 11 is 0. The van der Waals surface area contributed by atoms with E-state index < -0.39 is 15.5 Å². The number of hydrogen-bond donors (Lipinski definition) is 0. The van der Waals surface area contributed by atoms with Crippen LogP contribution < -0.4 is 15.1 Å². The molecule has 1 aromatic carbocycles. The number of amides is 1. The summed E-state index contributed by atoms with van der Waals surface area (Å²) in [5, 5.41) is 0.645. The van der Waals surface area contributed by atoms with E-state index >= 15 is 0 Å². The summed E-state index contributed by atoms with van der Waals surface area (Å²) in [7, 11) is 1.40. The Labute approximate surface area is 162 Å². The first kappa shape index (κ1) is 20.2. The molecular formula is C19H23NO7S. The summed E-state index contributed by atoms with van der Waals surface area (Å²) in [4.78, 5) is 26.7. The van der Waals surface area contributed by atoms with Gasteiger partial charge >= 0.3 is 5.63 Å². The van der Waals surface area contributed by atoms with Gasteiger partial charge in [-0.15, -0.1) is 0 Å². The van der Waals surface area contributed by atoms with Crippen LogP contribution in [-0.2, 0) is 21.1 Å². The van der Waals surface area contributed by atoms with Crippen molar-refractivity contribution in [1.82, 2.24) is 4.90 Å². The van der Waals surface area contributed by atoms with E-state index in [9.17, 15) is 18.0 Å². The van der Waals surface area contributed by atoms with Crippen LogP contribution in [0.25, 0.3) is 11.0 Å². The average Bonchev–Trinajstić information content (AvgIpc) is 3.03. The minimum absolute atomic E-state index is 0.0441. The van der Waals surface area contributed by atoms with Gasteiger partial charge in [0.25, 0.3) is 0 Å². The second kappa shape index (κ2) is 7.46.